The molecule has 0 aliphatic carbocycles. The SMILES string of the molecule is COC(=O)c1ccc(CCCCCCO)cc1. The minimum absolute atomic E-state index is 0.286. The number of benzene rings is 1. The number of methoxy groups -OCH3 is 1. The molecular weight excluding hydrogens is 216 g/mol. The Morgan fingerprint density at radius 1 is 1.12 bits per heavy atom. The molecule has 0 aromatic heterocycles. The zero-order chi connectivity index (χ0) is 12.5. The van der Waals surface area contributed by atoms with Gasteiger partial charge in [0.05, 0.1) is 12.7 Å². The summed E-state index contributed by atoms with van der Waals surface area (Å²) in [5.74, 6) is -0.292. The molecule has 0 saturated carbocycles. The molecule has 1 N–H and O–H groups in total. The molecule has 0 unspecified atom stereocenters. The van der Waals surface area contributed by atoms with Gasteiger partial charge in [0.1, 0.15) is 0 Å². The largest absolute Gasteiger partial charge is 0.465 e. The summed E-state index contributed by atoms with van der Waals surface area (Å²) in [6, 6.07) is 7.54. The van der Waals surface area contributed by atoms with Crippen molar-refractivity contribution in [1.29, 1.82) is 0 Å². The number of carbonyl (C=O) groups is 1. The topological polar surface area (TPSA) is 46.5 Å². The molecule has 0 radical (unpaired) electrons. The average Bonchev–Trinajstić information content (AvgIpc) is 2.38. The molecule has 0 spiro atoms. The Kier molecular flexibility index (Phi) is 6.33. The highest BCUT2D eigenvalue weighted by Crippen LogP contribution is 2.10. The fraction of sp³-hybridized carbons (Fsp3) is 0.500. The molecule has 0 amide bonds. The lowest BCUT2D eigenvalue weighted by molar-refractivity contribution is 0.0600. The number of aryl methyl sites for hydroxylation is 1. The number of aliphatic hydroxyl groups excluding tert-OH is 1. The average molecular weight is 236 g/mol. The van der Waals surface area contributed by atoms with Crippen LogP contribution in [0.5, 0.6) is 0 Å². The lowest BCUT2D eigenvalue weighted by Gasteiger charge is -2.03. The summed E-state index contributed by atoms with van der Waals surface area (Å²) in [5.41, 5.74) is 1.83. The van der Waals surface area contributed by atoms with Gasteiger partial charge in [-0.3, -0.25) is 0 Å². The maximum absolute atomic E-state index is 11.2. The van der Waals surface area contributed by atoms with Crippen LogP contribution in [0.25, 0.3) is 0 Å². The van der Waals surface area contributed by atoms with Crippen LogP contribution in [0.3, 0.4) is 0 Å². The number of aliphatic hydroxyl groups is 1. The summed E-state index contributed by atoms with van der Waals surface area (Å²) in [7, 11) is 1.39. The van der Waals surface area contributed by atoms with Crippen LogP contribution < -0.4 is 0 Å². The number of carbonyl (C=O) groups excluding carboxylic acids is 1. The van der Waals surface area contributed by atoms with E-state index in [1.807, 2.05) is 12.1 Å². The van der Waals surface area contributed by atoms with Crippen molar-refractivity contribution in [1.82, 2.24) is 0 Å². The van der Waals surface area contributed by atoms with Crippen LogP contribution in [-0.2, 0) is 11.2 Å². The first-order valence-electron chi connectivity index (χ1n) is 6.06. The van der Waals surface area contributed by atoms with Gasteiger partial charge in [-0.15, -0.1) is 0 Å². The summed E-state index contributed by atoms with van der Waals surface area (Å²) in [6.07, 6.45) is 5.25. The van der Waals surface area contributed by atoms with Gasteiger partial charge in [0.25, 0.3) is 0 Å². The van der Waals surface area contributed by atoms with Crippen molar-refractivity contribution >= 4 is 5.97 Å². The predicted molar refractivity (Wildman–Crippen MR) is 67.0 cm³/mol. The highest BCUT2D eigenvalue weighted by atomic mass is 16.5. The molecule has 0 aliphatic rings. The van der Waals surface area contributed by atoms with Crippen molar-refractivity contribution in [3.05, 3.63) is 35.4 Å². The number of hydrogen-bond donors (Lipinski definition) is 1. The first kappa shape index (κ1) is 13.7. The molecule has 3 heteroatoms. The minimum atomic E-state index is -0.292. The van der Waals surface area contributed by atoms with E-state index in [4.69, 9.17) is 5.11 Å². The van der Waals surface area contributed by atoms with Crippen molar-refractivity contribution in [3.8, 4) is 0 Å². The van der Waals surface area contributed by atoms with Gasteiger partial charge in [0, 0.05) is 6.61 Å². The maximum Gasteiger partial charge on any atom is 0.337 e. The Balaban J connectivity index is 2.33. The van der Waals surface area contributed by atoms with Crippen molar-refractivity contribution in [3.63, 3.8) is 0 Å². The Bertz CT molecular complexity index is 330. The van der Waals surface area contributed by atoms with E-state index in [9.17, 15) is 4.79 Å². The lowest BCUT2D eigenvalue weighted by Crippen LogP contribution is -2.00. The molecule has 0 heterocycles. The second-order valence-electron chi connectivity index (χ2n) is 4.08. The van der Waals surface area contributed by atoms with E-state index in [0.717, 1.165) is 32.1 Å². The zero-order valence-electron chi connectivity index (χ0n) is 10.3. The molecule has 0 bridgehead atoms. The lowest BCUT2D eigenvalue weighted by atomic mass is 10.0. The number of esters is 1. The first-order chi connectivity index (χ1) is 8.27. The molecule has 1 rings (SSSR count). The molecule has 1 aromatic carbocycles. The molecule has 0 saturated heterocycles. The van der Waals surface area contributed by atoms with Gasteiger partial charge < -0.3 is 9.84 Å². The van der Waals surface area contributed by atoms with E-state index in [1.165, 1.54) is 12.7 Å². The molecule has 94 valence electrons. The molecule has 0 aliphatic heterocycles. The normalized spacial score (nSPS) is 10.2. The number of hydrogen-bond acceptors (Lipinski definition) is 3. The summed E-state index contributed by atoms with van der Waals surface area (Å²) in [4.78, 5) is 11.2. The Hall–Kier alpha value is -1.35. The van der Waals surface area contributed by atoms with E-state index >= 15 is 0 Å². The zero-order valence-corrected chi connectivity index (χ0v) is 10.3. The summed E-state index contributed by atoms with van der Waals surface area (Å²) in [5, 5.41) is 8.64. The van der Waals surface area contributed by atoms with Gasteiger partial charge in [-0.2, -0.15) is 0 Å². The molecule has 0 fully saturated rings. The summed E-state index contributed by atoms with van der Waals surface area (Å²) in [6.45, 7) is 0.286. The summed E-state index contributed by atoms with van der Waals surface area (Å²) < 4.78 is 4.64. The molecular formula is C14H20O3. The van der Waals surface area contributed by atoms with Crippen molar-refractivity contribution in [2.24, 2.45) is 0 Å². The third-order valence-corrected chi connectivity index (χ3v) is 2.75. The van der Waals surface area contributed by atoms with Crippen LogP contribution >= 0.6 is 0 Å². The predicted octanol–water partition coefficient (Wildman–Crippen LogP) is 2.57. The van der Waals surface area contributed by atoms with Gasteiger partial charge >= 0.3 is 5.97 Å². The molecule has 1 aromatic rings. The number of unbranched alkanes of at least 4 members (excludes halogenated alkanes) is 3. The fourth-order valence-corrected chi connectivity index (χ4v) is 1.72. The number of rotatable bonds is 7. The highest BCUT2D eigenvalue weighted by Gasteiger charge is 2.03. The van der Waals surface area contributed by atoms with Crippen molar-refractivity contribution in [2.75, 3.05) is 13.7 Å². The van der Waals surface area contributed by atoms with E-state index in [1.54, 1.807) is 12.1 Å². The Morgan fingerprint density at radius 3 is 2.35 bits per heavy atom. The van der Waals surface area contributed by atoms with Gasteiger partial charge in [-0.1, -0.05) is 25.0 Å². The quantitative estimate of drug-likeness (QED) is 0.584. The first-order valence-corrected chi connectivity index (χ1v) is 6.06. The third kappa shape index (κ3) is 5.00. The van der Waals surface area contributed by atoms with Crippen LogP contribution in [0.4, 0.5) is 0 Å². The summed E-state index contributed by atoms with van der Waals surface area (Å²) >= 11 is 0. The van der Waals surface area contributed by atoms with E-state index in [0.29, 0.717) is 5.56 Å². The van der Waals surface area contributed by atoms with Crippen LogP contribution in [0, 0.1) is 0 Å². The Morgan fingerprint density at radius 2 is 1.76 bits per heavy atom. The number of ether oxygens (including phenoxy) is 1. The highest BCUT2D eigenvalue weighted by molar-refractivity contribution is 5.89. The second kappa shape index (κ2) is 7.85. The van der Waals surface area contributed by atoms with E-state index in [-0.39, 0.29) is 12.6 Å². The van der Waals surface area contributed by atoms with Crippen LogP contribution in [0.15, 0.2) is 24.3 Å². The molecule has 17 heavy (non-hydrogen) atoms. The van der Waals surface area contributed by atoms with Gasteiger partial charge in [-0.05, 0) is 37.0 Å². The standard InChI is InChI=1S/C14H20O3/c1-17-14(16)13-9-7-12(8-10-13)6-4-2-3-5-11-15/h7-10,15H,2-6,11H2,1H3. The van der Waals surface area contributed by atoms with Crippen molar-refractivity contribution in [2.45, 2.75) is 32.1 Å². The van der Waals surface area contributed by atoms with E-state index < -0.39 is 0 Å². The van der Waals surface area contributed by atoms with Gasteiger partial charge in [0.2, 0.25) is 0 Å². The van der Waals surface area contributed by atoms with Crippen LogP contribution in [0.1, 0.15) is 41.6 Å². The maximum atomic E-state index is 11.2. The Labute approximate surface area is 102 Å². The fourth-order valence-electron chi connectivity index (χ4n) is 1.72. The van der Waals surface area contributed by atoms with Crippen LogP contribution in [-0.4, -0.2) is 24.8 Å². The minimum Gasteiger partial charge on any atom is -0.465 e. The molecule has 3 nitrogen and oxygen atoms in total. The van der Waals surface area contributed by atoms with Crippen LogP contribution in [0.2, 0.25) is 0 Å². The monoisotopic (exact) mass is 236 g/mol. The third-order valence-electron chi connectivity index (χ3n) is 2.75. The van der Waals surface area contributed by atoms with E-state index in [2.05, 4.69) is 4.74 Å². The van der Waals surface area contributed by atoms with Crippen molar-refractivity contribution < 1.29 is 14.6 Å². The van der Waals surface area contributed by atoms with Gasteiger partial charge in [-0.25, -0.2) is 4.79 Å². The second-order valence-corrected chi connectivity index (χ2v) is 4.08. The molecule has 0 atom stereocenters. The smallest absolute Gasteiger partial charge is 0.337 e. The van der Waals surface area contributed by atoms with Gasteiger partial charge in [0.15, 0.2) is 0 Å².